The molecule has 2 atom stereocenters. The minimum Gasteiger partial charge on any atom is -0.512 e. The predicted octanol–water partition coefficient (Wildman–Crippen LogP) is 4.59. The van der Waals surface area contributed by atoms with Crippen LogP contribution in [0, 0.1) is 0 Å². The number of hydrazine groups is 1. The van der Waals surface area contributed by atoms with Crippen molar-refractivity contribution < 1.29 is 10.2 Å². The summed E-state index contributed by atoms with van der Waals surface area (Å²) in [6.07, 6.45) is 19.3. The second-order valence-electron chi connectivity index (χ2n) is 9.41. The summed E-state index contributed by atoms with van der Waals surface area (Å²) in [6.45, 7) is 6.81. The molecule has 0 heterocycles. The van der Waals surface area contributed by atoms with Crippen molar-refractivity contribution in [2.45, 2.75) is 63.3 Å². The average molecular weight is 659 g/mol. The molecule has 1 rings (SSSR count). The van der Waals surface area contributed by atoms with Gasteiger partial charge in [-0.2, -0.15) is 0 Å². The van der Waals surface area contributed by atoms with Gasteiger partial charge >= 0.3 is 0 Å². The monoisotopic (exact) mass is 656 g/mol. The van der Waals surface area contributed by atoms with Crippen LogP contribution in [0.4, 0.5) is 0 Å². The Morgan fingerprint density at radius 1 is 1.13 bits per heavy atom. The number of nitrogens with one attached hydrogen (secondary N) is 2. The van der Waals surface area contributed by atoms with Crippen LogP contribution < -0.4 is 27.9 Å². The molecule has 214 valence electrons. The molecule has 8 nitrogen and oxygen atoms in total. The smallest absolute Gasteiger partial charge is 0.0971 e. The van der Waals surface area contributed by atoms with Crippen molar-refractivity contribution in [1.29, 1.82) is 0 Å². The fraction of sp³-hybridized carbons (Fsp3) is 0.500. The quantitative estimate of drug-likeness (QED) is 0.0373. The first-order valence-electron chi connectivity index (χ1n) is 13.1. The van der Waals surface area contributed by atoms with Crippen molar-refractivity contribution in [2.75, 3.05) is 26.2 Å². The van der Waals surface area contributed by atoms with Crippen molar-refractivity contribution in [1.82, 2.24) is 15.6 Å². The summed E-state index contributed by atoms with van der Waals surface area (Å²) in [5.74, 6) is 6.41. The Morgan fingerprint density at radius 3 is 2.61 bits per heavy atom. The van der Waals surface area contributed by atoms with E-state index in [1.807, 2.05) is 24.4 Å². The van der Waals surface area contributed by atoms with Crippen LogP contribution in [0.2, 0.25) is 0 Å². The Bertz CT molecular complexity index is 920. The highest BCUT2D eigenvalue weighted by Gasteiger charge is 2.05. The van der Waals surface area contributed by atoms with Gasteiger partial charge in [-0.05, 0) is 69.4 Å². The molecule has 1 aliphatic rings. The molecule has 0 saturated heterocycles. The number of halogens is 2. The molecule has 0 amide bonds. The molecule has 0 aromatic carbocycles. The van der Waals surface area contributed by atoms with Gasteiger partial charge in [-0.1, -0.05) is 56.2 Å². The third kappa shape index (κ3) is 18.3. The van der Waals surface area contributed by atoms with Crippen LogP contribution in [0.1, 0.15) is 52.4 Å². The zero-order valence-electron chi connectivity index (χ0n) is 22.7. The Kier molecular flexibility index (Phi) is 17.9. The molecule has 0 aromatic heterocycles. The second kappa shape index (κ2) is 20.0. The van der Waals surface area contributed by atoms with Crippen LogP contribution in [-0.2, 0) is 0 Å². The Labute approximate surface area is 245 Å². The number of aliphatic hydroxyl groups is 2. The largest absolute Gasteiger partial charge is 0.512 e. The minimum atomic E-state index is -0.459. The summed E-state index contributed by atoms with van der Waals surface area (Å²) in [5, 5.41) is 27.4. The van der Waals surface area contributed by atoms with Crippen LogP contribution in [0.15, 0.2) is 81.6 Å². The number of alkyl halides is 1. The van der Waals surface area contributed by atoms with Gasteiger partial charge in [0.2, 0.25) is 0 Å². The van der Waals surface area contributed by atoms with E-state index in [0.29, 0.717) is 25.1 Å². The number of nitrogens with two attached hydrogens (primary N) is 3. The van der Waals surface area contributed by atoms with Crippen LogP contribution >= 0.6 is 31.9 Å². The van der Waals surface area contributed by atoms with E-state index in [0.717, 1.165) is 72.3 Å². The number of rotatable bonds is 18. The molecule has 38 heavy (non-hydrogen) atoms. The average Bonchev–Trinajstić information content (AvgIpc) is 2.99. The molecule has 10 N–H and O–H groups in total. The lowest BCUT2D eigenvalue weighted by Gasteiger charge is -2.15. The molecule has 0 radical (unpaired) electrons. The van der Waals surface area contributed by atoms with Gasteiger partial charge in [0.1, 0.15) is 0 Å². The molecular formula is C28H46Br2N6O2. The zero-order valence-corrected chi connectivity index (χ0v) is 25.8. The molecule has 10 heteroatoms. The number of aliphatic hydroxyl groups excluding tert-OH is 2. The van der Waals surface area contributed by atoms with E-state index in [1.54, 1.807) is 30.3 Å². The van der Waals surface area contributed by atoms with Gasteiger partial charge in [0.15, 0.2) is 0 Å². The predicted molar refractivity (Wildman–Crippen MR) is 167 cm³/mol. The van der Waals surface area contributed by atoms with Crippen molar-refractivity contribution in [3.8, 4) is 0 Å². The topological polar surface area (TPSA) is 146 Å². The van der Waals surface area contributed by atoms with Crippen molar-refractivity contribution in [3.63, 3.8) is 0 Å². The molecule has 1 aliphatic carbocycles. The molecule has 0 fully saturated rings. The van der Waals surface area contributed by atoms with Crippen LogP contribution in [0.3, 0.4) is 0 Å². The van der Waals surface area contributed by atoms with Gasteiger partial charge in [-0.15, -0.1) is 0 Å². The summed E-state index contributed by atoms with van der Waals surface area (Å²) in [7, 11) is 0. The number of hydrogen-bond donors (Lipinski definition) is 7. The maximum absolute atomic E-state index is 9.70. The van der Waals surface area contributed by atoms with Gasteiger partial charge in [0, 0.05) is 65.6 Å². The summed E-state index contributed by atoms with van der Waals surface area (Å²) >= 11 is 7.01. The van der Waals surface area contributed by atoms with Gasteiger partial charge < -0.3 is 37.3 Å². The fourth-order valence-electron chi connectivity index (χ4n) is 3.54. The third-order valence-corrected chi connectivity index (χ3v) is 6.23. The lowest BCUT2D eigenvalue weighted by atomic mass is 10.1. The van der Waals surface area contributed by atoms with Crippen molar-refractivity contribution in [2.24, 2.45) is 17.3 Å². The summed E-state index contributed by atoms with van der Waals surface area (Å²) in [4.78, 5) is 0.272. The summed E-state index contributed by atoms with van der Waals surface area (Å²) in [6, 6.07) is 0. The standard InChI is InChI=1S/C28H46Br2N6O2/c1-21(29)16-23(6-5-22(2)37)9-13-35-19-26(31)4-3-12-34-14-10-27(32)20-36(33)15-11-24-7-8-28(38)18-25(30)17-24/h5-8,16-17,19-22,34-35,37-38H,3-4,9-15,18,31-33H2,1-2H3/b6-5-,23-16+,26-19-,27-20-. The maximum Gasteiger partial charge on any atom is 0.0971 e. The first-order chi connectivity index (χ1) is 18.0. The van der Waals surface area contributed by atoms with Gasteiger partial charge in [-0.25, -0.2) is 5.84 Å². The number of nitrogens with zero attached hydrogens (tertiary/aromatic N) is 1. The van der Waals surface area contributed by atoms with E-state index >= 15 is 0 Å². The highest BCUT2D eigenvalue weighted by atomic mass is 79.9. The normalized spacial score (nSPS) is 17.0. The Balaban J connectivity index is 2.22. The molecule has 2 unspecified atom stereocenters. The lowest BCUT2D eigenvalue weighted by Crippen LogP contribution is -2.28. The van der Waals surface area contributed by atoms with E-state index in [-0.39, 0.29) is 4.83 Å². The van der Waals surface area contributed by atoms with E-state index in [4.69, 9.17) is 17.3 Å². The molecule has 0 spiro atoms. The SMILES string of the molecule is CC(O)/C=C\C(=C/C(C)Br)CCN/C=C(\N)CCCNCC/C(N)=C/N(N)CCC1=CC=C(O)CC(Br)=C1. The Morgan fingerprint density at radius 2 is 1.89 bits per heavy atom. The highest BCUT2D eigenvalue weighted by Crippen LogP contribution is 2.22. The van der Waals surface area contributed by atoms with Gasteiger partial charge in [-0.3, -0.25) is 0 Å². The first-order valence-corrected chi connectivity index (χ1v) is 14.8. The number of hydrogen-bond acceptors (Lipinski definition) is 8. The first kappa shape index (κ1) is 34.0. The molecule has 0 bridgehead atoms. The summed E-state index contributed by atoms with van der Waals surface area (Å²) in [5.41, 5.74) is 16.0. The van der Waals surface area contributed by atoms with E-state index in [1.165, 1.54) is 0 Å². The van der Waals surface area contributed by atoms with E-state index in [9.17, 15) is 10.2 Å². The van der Waals surface area contributed by atoms with Crippen LogP contribution in [0.5, 0.6) is 0 Å². The third-order valence-electron chi connectivity index (χ3n) is 5.46. The summed E-state index contributed by atoms with van der Waals surface area (Å²) < 4.78 is 0.942. The second-order valence-corrected chi connectivity index (χ2v) is 11.9. The van der Waals surface area contributed by atoms with E-state index < -0.39 is 6.10 Å². The van der Waals surface area contributed by atoms with Crippen LogP contribution in [0.25, 0.3) is 0 Å². The molecule has 0 saturated carbocycles. The lowest BCUT2D eigenvalue weighted by molar-refractivity contribution is 0.244. The fourth-order valence-corrected chi connectivity index (χ4v) is 4.46. The molecular weight excluding hydrogens is 612 g/mol. The zero-order chi connectivity index (χ0) is 28.3. The highest BCUT2D eigenvalue weighted by molar-refractivity contribution is 9.11. The van der Waals surface area contributed by atoms with E-state index in [2.05, 4.69) is 55.5 Å². The van der Waals surface area contributed by atoms with Crippen molar-refractivity contribution in [3.05, 3.63) is 81.6 Å². The van der Waals surface area contributed by atoms with Gasteiger partial charge in [0.05, 0.1) is 11.9 Å². The van der Waals surface area contributed by atoms with Crippen LogP contribution in [-0.4, -0.2) is 52.3 Å². The molecule has 0 aliphatic heterocycles. The Hall–Kier alpha value is -1.98. The molecule has 0 aromatic rings. The maximum atomic E-state index is 9.70. The van der Waals surface area contributed by atoms with Crippen molar-refractivity contribution >= 4 is 31.9 Å². The van der Waals surface area contributed by atoms with Gasteiger partial charge in [0.25, 0.3) is 0 Å². The minimum absolute atomic E-state index is 0.272. The number of allylic oxidation sites excluding steroid dienone is 7.